The number of piperidine rings is 2. The number of benzene rings is 1. The molecule has 0 spiro atoms. The summed E-state index contributed by atoms with van der Waals surface area (Å²) in [6.45, 7) is 6.84. The Morgan fingerprint density at radius 3 is 2.12 bits per heavy atom. The third kappa shape index (κ3) is 4.12. The van der Waals surface area contributed by atoms with Crippen molar-refractivity contribution in [3.63, 3.8) is 0 Å². The maximum atomic E-state index is 12.8. The van der Waals surface area contributed by atoms with Crippen LogP contribution in [0.5, 0.6) is 0 Å². The highest BCUT2D eigenvalue weighted by Gasteiger charge is 2.34. The fraction of sp³-hybridized carbons (Fsp3) is 0.650. The minimum atomic E-state index is -3.46. The van der Waals surface area contributed by atoms with Crippen LogP contribution in [-0.2, 0) is 21.2 Å². The molecule has 0 saturated carbocycles. The second kappa shape index (κ2) is 8.09. The van der Waals surface area contributed by atoms with Gasteiger partial charge in [0.15, 0.2) is 0 Å². The zero-order chi connectivity index (χ0) is 18.7. The van der Waals surface area contributed by atoms with Crippen molar-refractivity contribution in [3.8, 4) is 0 Å². The number of sulfonamides is 1. The van der Waals surface area contributed by atoms with Gasteiger partial charge < -0.3 is 4.90 Å². The Morgan fingerprint density at radius 1 is 1.00 bits per heavy atom. The predicted octanol–water partition coefficient (Wildman–Crippen LogP) is 2.91. The molecule has 6 heteroatoms. The number of carbonyl (C=O) groups excluding carboxylic acids is 1. The quantitative estimate of drug-likeness (QED) is 0.809. The average Bonchev–Trinajstić information content (AvgIpc) is 2.68. The lowest BCUT2D eigenvalue weighted by Crippen LogP contribution is -2.46. The molecular formula is C20H30N2O3S. The summed E-state index contributed by atoms with van der Waals surface area (Å²) >= 11 is 0. The van der Waals surface area contributed by atoms with E-state index < -0.39 is 10.0 Å². The number of aryl methyl sites for hydroxylation is 1. The van der Waals surface area contributed by atoms with Crippen molar-refractivity contribution in [2.24, 2.45) is 11.8 Å². The van der Waals surface area contributed by atoms with Crippen molar-refractivity contribution >= 4 is 15.9 Å². The van der Waals surface area contributed by atoms with E-state index in [1.54, 1.807) is 12.1 Å². The highest BCUT2D eigenvalue weighted by Crippen LogP contribution is 2.27. The topological polar surface area (TPSA) is 57.7 Å². The molecule has 0 aliphatic carbocycles. The van der Waals surface area contributed by atoms with E-state index in [1.807, 2.05) is 24.0 Å². The standard InChI is InChI=1S/C20H30N2O3S/c1-3-17-4-6-19(7-5-17)26(24,25)22-14-10-18(11-15-22)20(23)21-12-8-16(2)9-13-21/h4-7,16,18H,3,8-15H2,1-2H3. The van der Waals surface area contributed by atoms with Crippen molar-refractivity contribution in [2.75, 3.05) is 26.2 Å². The molecule has 0 bridgehead atoms. The number of carbonyl (C=O) groups is 1. The first kappa shape index (κ1) is 19.4. The molecule has 2 fully saturated rings. The van der Waals surface area contributed by atoms with Gasteiger partial charge in [0.25, 0.3) is 0 Å². The molecule has 0 atom stereocenters. The van der Waals surface area contributed by atoms with Crippen LogP contribution in [0.1, 0.15) is 45.1 Å². The van der Waals surface area contributed by atoms with Gasteiger partial charge in [-0.25, -0.2) is 8.42 Å². The van der Waals surface area contributed by atoms with E-state index in [-0.39, 0.29) is 11.8 Å². The number of nitrogens with zero attached hydrogens (tertiary/aromatic N) is 2. The Kier molecular flexibility index (Phi) is 6.03. The van der Waals surface area contributed by atoms with Crippen LogP contribution in [0.3, 0.4) is 0 Å². The average molecular weight is 379 g/mol. The van der Waals surface area contributed by atoms with Gasteiger partial charge >= 0.3 is 0 Å². The Balaban J connectivity index is 1.59. The predicted molar refractivity (Wildman–Crippen MR) is 102 cm³/mol. The van der Waals surface area contributed by atoms with Crippen molar-refractivity contribution < 1.29 is 13.2 Å². The molecule has 1 aromatic carbocycles. The van der Waals surface area contributed by atoms with Crippen molar-refractivity contribution in [1.29, 1.82) is 0 Å². The molecule has 2 saturated heterocycles. The first-order chi connectivity index (χ1) is 12.4. The van der Waals surface area contributed by atoms with Crippen LogP contribution >= 0.6 is 0 Å². The summed E-state index contributed by atoms with van der Waals surface area (Å²) in [6, 6.07) is 7.14. The lowest BCUT2D eigenvalue weighted by atomic mass is 9.93. The van der Waals surface area contributed by atoms with Gasteiger partial charge in [0.05, 0.1) is 4.90 Å². The number of amides is 1. The first-order valence-electron chi connectivity index (χ1n) is 9.79. The van der Waals surface area contributed by atoms with Crippen LogP contribution < -0.4 is 0 Å². The van der Waals surface area contributed by atoms with E-state index in [2.05, 4.69) is 6.92 Å². The van der Waals surface area contributed by atoms with Crippen LogP contribution in [0.4, 0.5) is 0 Å². The van der Waals surface area contributed by atoms with Crippen LogP contribution in [0, 0.1) is 11.8 Å². The maximum absolute atomic E-state index is 12.8. The van der Waals surface area contributed by atoms with Crippen LogP contribution in [0.25, 0.3) is 0 Å². The van der Waals surface area contributed by atoms with Gasteiger partial charge in [0, 0.05) is 32.1 Å². The molecule has 2 aliphatic heterocycles. The largest absolute Gasteiger partial charge is 0.342 e. The molecule has 0 aromatic heterocycles. The Labute approximate surface area is 157 Å². The SMILES string of the molecule is CCc1ccc(S(=O)(=O)N2CCC(C(=O)N3CCC(C)CC3)CC2)cc1. The Morgan fingerprint density at radius 2 is 1.58 bits per heavy atom. The number of hydrogen-bond donors (Lipinski definition) is 0. The van der Waals surface area contributed by atoms with Gasteiger partial charge in [-0.3, -0.25) is 4.79 Å². The molecule has 2 heterocycles. The van der Waals surface area contributed by atoms with Crippen molar-refractivity contribution in [1.82, 2.24) is 9.21 Å². The van der Waals surface area contributed by atoms with Gasteiger partial charge in [-0.15, -0.1) is 0 Å². The molecule has 1 amide bonds. The third-order valence-corrected chi connectivity index (χ3v) is 7.78. The molecule has 0 radical (unpaired) electrons. The summed E-state index contributed by atoms with van der Waals surface area (Å²) in [5, 5.41) is 0. The Hall–Kier alpha value is -1.40. The minimum Gasteiger partial charge on any atom is -0.342 e. The molecule has 0 N–H and O–H groups in total. The Bertz CT molecular complexity index is 714. The summed E-state index contributed by atoms with van der Waals surface area (Å²) in [5.74, 6) is 0.892. The summed E-state index contributed by atoms with van der Waals surface area (Å²) in [5.41, 5.74) is 1.13. The van der Waals surface area contributed by atoms with E-state index in [0.717, 1.165) is 37.9 Å². The fourth-order valence-electron chi connectivity index (χ4n) is 3.88. The normalized spacial score (nSPS) is 21.1. The second-order valence-corrected chi connectivity index (χ2v) is 9.62. The van der Waals surface area contributed by atoms with E-state index in [4.69, 9.17) is 0 Å². The summed E-state index contributed by atoms with van der Waals surface area (Å²) in [4.78, 5) is 15.1. The molecular weight excluding hydrogens is 348 g/mol. The molecule has 1 aromatic rings. The number of likely N-dealkylation sites (tertiary alicyclic amines) is 1. The molecule has 144 valence electrons. The summed E-state index contributed by atoms with van der Waals surface area (Å²) < 4.78 is 27.2. The van der Waals surface area contributed by atoms with Gasteiger partial charge in [-0.05, 0) is 55.7 Å². The van der Waals surface area contributed by atoms with E-state index in [9.17, 15) is 13.2 Å². The number of rotatable bonds is 4. The summed E-state index contributed by atoms with van der Waals surface area (Å²) in [7, 11) is -3.46. The first-order valence-corrected chi connectivity index (χ1v) is 11.2. The van der Waals surface area contributed by atoms with E-state index in [0.29, 0.717) is 36.7 Å². The second-order valence-electron chi connectivity index (χ2n) is 7.68. The highest BCUT2D eigenvalue weighted by atomic mass is 32.2. The van der Waals surface area contributed by atoms with Gasteiger partial charge in [-0.1, -0.05) is 26.0 Å². The zero-order valence-corrected chi connectivity index (χ0v) is 16.7. The van der Waals surface area contributed by atoms with Gasteiger partial charge in [0.2, 0.25) is 15.9 Å². The monoisotopic (exact) mass is 378 g/mol. The van der Waals surface area contributed by atoms with E-state index >= 15 is 0 Å². The molecule has 2 aliphatic rings. The number of hydrogen-bond acceptors (Lipinski definition) is 3. The van der Waals surface area contributed by atoms with Crippen LogP contribution in [0.15, 0.2) is 29.2 Å². The maximum Gasteiger partial charge on any atom is 0.243 e. The lowest BCUT2D eigenvalue weighted by molar-refractivity contribution is -0.138. The molecule has 0 unspecified atom stereocenters. The zero-order valence-electron chi connectivity index (χ0n) is 15.9. The van der Waals surface area contributed by atoms with Crippen LogP contribution in [0.2, 0.25) is 0 Å². The van der Waals surface area contributed by atoms with E-state index in [1.165, 1.54) is 4.31 Å². The lowest BCUT2D eigenvalue weighted by Gasteiger charge is -2.36. The smallest absolute Gasteiger partial charge is 0.243 e. The van der Waals surface area contributed by atoms with Crippen molar-refractivity contribution in [2.45, 2.75) is 50.8 Å². The molecule has 26 heavy (non-hydrogen) atoms. The van der Waals surface area contributed by atoms with Gasteiger partial charge in [0.1, 0.15) is 0 Å². The van der Waals surface area contributed by atoms with Crippen LogP contribution in [-0.4, -0.2) is 49.7 Å². The summed E-state index contributed by atoms with van der Waals surface area (Å²) in [6.07, 6.45) is 4.29. The molecule has 3 rings (SSSR count). The molecule has 5 nitrogen and oxygen atoms in total. The minimum absolute atomic E-state index is 0.0303. The fourth-order valence-corrected chi connectivity index (χ4v) is 5.35. The van der Waals surface area contributed by atoms with Gasteiger partial charge in [-0.2, -0.15) is 4.31 Å². The third-order valence-electron chi connectivity index (χ3n) is 5.87. The van der Waals surface area contributed by atoms with Crippen molar-refractivity contribution in [3.05, 3.63) is 29.8 Å². The highest BCUT2D eigenvalue weighted by molar-refractivity contribution is 7.89.